The summed E-state index contributed by atoms with van der Waals surface area (Å²) in [5.74, 6) is 0.122. The molecule has 94 valence electrons. The third-order valence-electron chi connectivity index (χ3n) is 2.29. The summed E-state index contributed by atoms with van der Waals surface area (Å²) in [5.41, 5.74) is 0.862. The van der Waals surface area contributed by atoms with Gasteiger partial charge in [0.2, 0.25) is 0 Å². The fraction of sp³-hybridized carbons (Fsp3) is 0.0769. The molecule has 5 heteroatoms. The van der Waals surface area contributed by atoms with Gasteiger partial charge in [-0.3, -0.25) is 0 Å². The average Bonchev–Trinajstić information content (AvgIpc) is 2.37. The van der Waals surface area contributed by atoms with Crippen LogP contribution in [0.15, 0.2) is 36.4 Å². The lowest BCUT2D eigenvalue weighted by atomic mass is 10.2. The Bertz CT molecular complexity index is 572. The number of rotatable bonds is 3. The van der Waals surface area contributed by atoms with Gasteiger partial charge in [-0.1, -0.05) is 35.3 Å². The van der Waals surface area contributed by atoms with Crippen LogP contribution < -0.4 is 4.74 Å². The molecule has 18 heavy (non-hydrogen) atoms. The second kappa shape index (κ2) is 5.79. The van der Waals surface area contributed by atoms with E-state index in [0.29, 0.717) is 16.7 Å². The molecule has 0 aliphatic carbocycles. The summed E-state index contributed by atoms with van der Waals surface area (Å²) in [4.78, 5) is 0. The van der Waals surface area contributed by atoms with Crippen LogP contribution in [0.3, 0.4) is 0 Å². The van der Waals surface area contributed by atoms with Gasteiger partial charge in [0.1, 0.15) is 5.75 Å². The molecule has 0 bridgehead atoms. The first kappa shape index (κ1) is 13.5. The van der Waals surface area contributed by atoms with E-state index in [9.17, 15) is 4.39 Å². The van der Waals surface area contributed by atoms with Crippen LogP contribution in [0.5, 0.6) is 11.5 Å². The molecule has 2 rings (SSSR count). The predicted octanol–water partition coefficient (Wildman–Crippen LogP) is 5.66. The van der Waals surface area contributed by atoms with Gasteiger partial charge in [0, 0.05) is 5.88 Å². The molecule has 0 saturated carbocycles. The third kappa shape index (κ3) is 2.89. The molecule has 1 nitrogen and oxygen atoms in total. The quantitative estimate of drug-likeness (QED) is 0.664. The monoisotopic (exact) mass is 304 g/mol. The van der Waals surface area contributed by atoms with Crippen LogP contribution in [0.1, 0.15) is 5.56 Å². The highest BCUT2D eigenvalue weighted by molar-refractivity contribution is 6.32. The van der Waals surface area contributed by atoms with Crippen molar-refractivity contribution in [2.75, 3.05) is 0 Å². The first-order valence-electron chi connectivity index (χ1n) is 5.08. The zero-order valence-corrected chi connectivity index (χ0v) is 11.4. The SMILES string of the molecule is Fc1c(Cl)cccc1Oc1ccc(CCl)cc1Cl. The van der Waals surface area contributed by atoms with Gasteiger partial charge in [-0.2, -0.15) is 0 Å². The highest BCUT2D eigenvalue weighted by atomic mass is 35.5. The molecule has 0 aromatic heterocycles. The van der Waals surface area contributed by atoms with Crippen molar-refractivity contribution >= 4 is 34.8 Å². The molecule has 0 atom stereocenters. The van der Waals surface area contributed by atoms with E-state index < -0.39 is 5.82 Å². The Morgan fingerprint density at radius 3 is 2.44 bits per heavy atom. The van der Waals surface area contributed by atoms with Crippen LogP contribution >= 0.6 is 34.8 Å². The summed E-state index contributed by atoms with van der Waals surface area (Å²) >= 11 is 17.4. The summed E-state index contributed by atoms with van der Waals surface area (Å²) in [6.45, 7) is 0. The van der Waals surface area contributed by atoms with E-state index in [0.717, 1.165) is 5.56 Å². The molecule has 0 saturated heterocycles. The fourth-order valence-corrected chi connectivity index (χ4v) is 1.97. The number of alkyl halides is 1. The zero-order valence-electron chi connectivity index (χ0n) is 9.09. The van der Waals surface area contributed by atoms with E-state index in [1.165, 1.54) is 12.1 Å². The van der Waals surface area contributed by atoms with Gasteiger partial charge in [0.15, 0.2) is 11.6 Å². The first-order chi connectivity index (χ1) is 8.61. The maximum atomic E-state index is 13.6. The minimum Gasteiger partial charge on any atom is -0.453 e. The Kier molecular flexibility index (Phi) is 4.33. The van der Waals surface area contributed by atoms with Gasteiger partial charge in [-0.25, -0.2) is 4.39 Å². The van der Waals surface area contributed by atoms with Crippen LogP contribution in [0.2, 0.25) is 10.0 Å². The molecule has 0 aliphatic rings. The van der Waals surface area contributed by atoms with Gasteiger partial charge in [-0.15, -0.1) is 11.6 Å². The lowest BCUT2D eigenvalue weighted by Crippen LogP contribution is -1.90. The van der Waals surface area contributed by atoms with Crippen molar-refractivity contribution in [2.24, 2.45) is 0 Å². The maximum Gasteiger partial charge on any atom is 0.184 e. The van der Waals surface area contributed by atoms with Crippen molar-refractivity contribution in [3.8, 4) is 11.5 Å². The molecular formula is C13H8Cl3FO. The molecule has 0 aliphatic heterocycles. The number of hydrogen-bond acceptors (Lipinski definition) is 1. The molecule has 0 amide bonds. The van der Waals surface area contributed by atoms with Crippen LogP contribution in [-0.2, 0) is 5.88 Å². The standard InChI is InChI=1S/C13H8Cl3FO/c14-7-8-4-5-11(10(16)6-8)18-12-3-1-2-9(15)13(12)17/h1-6H,7H2. The van der Waals surface area contributed by atoms with Crippen molar-refractivity contribution < 1.29 is 9.13 Å². The van der Waals surface area contributed by atoms with E-state index >= 15 is 0 Å². The topological polar surface area (TPSA) is 9.23 Å². The largest absolute Gasteiger partial charge is 0.453 e. The molecule has 0 fully saturated rings. The number of benzene rings is 2. The van der Waals surface area contributed by atoms with Crippen molar-refractivity contribution in [1.29, 1.82) is 0 Å². The number of halogens is 4. The highest BCUT2D eigenvalue weighted by Crippen LogP contribution is 2.33. The summed E-state index contributed by atoms with van der Waals surface area (Å²) in [7, 11) is 0. The third-order valence-corrected chi connectivity index (χ3v) is 3.18. The van der Waals surface area contributed by atoms with Crippen LogP contribution in [0, 0.1) is 5.82 Å². The highest BCUT2D eigenvalue weighted by Gasteiger charge is 2.10. The Morgan fingerprint density at radius 2 is 1.78 bits per heavy atom. The summed E-state index contributed by atoms with van der Waals surface area (Å²) in [6, 6.07) is 9.60. The zero-order chi connectivity index (χ0) is 13.1. The van der Waals surface area contributed by atoms with Crippen molar-refractivity contribution in [2.45, 2.75) is 5.88 Å². The van der Waals surface area contributed by atoms with Gasteiger partial charge in [-0.05, 0) is 29.8 Å². The number of hydrogen-bond donors (Lipinski definition) is 0. The molecule has 2 aromatic rings. The molecular weight excluding hydrogens is 297 g/mol. The Hall–Kier alpha value is -0.960. The predicted molar refractivity (Wildman–Crippen MR) is 72.5 cm³/mol. The first-order valence-corrected chi connectivity index (χ1v) is 6.37. The normalized spacial score (nSPS) is 10.4. The van der Waals surface area contributed by atoms with Gasteiger partial charge in [0.25, 0.3) is 0 Å². The molecule has 0 heterocycles. The minimum absolute atomic E-state index is 0.000927. The lowest BCUT2D eigenvalue weighted by Gasteiger charge is -2.09. The summed E-state index contributed by atoms with van der Waals surface area (Å²) in [6.07, 6.45) is 0. The summed E-state index contributed by atoms with van der Waals surface area (Å²) in [5, 5.41) is 0.369. The minimum atomic E-state index is -0.614. The van der Waals surface area contributed by atoms with E-state index in [2.05, 4.69) is 0 Å². The van der Waals surface area contributed by atoms with Crippen LogP contribution in [0.4, 0.5) is 4.39 Å². The molecule has 0 unspecified atom stereocenters. The fourth-order valence-electron chi connectivity index (χ4n) is 1.39. The molecule has 2 aromatic carbocycles. The van der Waals surface area contributed by atoms with E-state index in [-0.39, 0.29) is 10.8 Å². The number of ether oxygens (including phenoxy) is 1. The molecule has 0 spiro atoms. The van der Waals surface area contributed by atoms with Crippen LogP contribution in [-0.4, -0.2) is 0 Å². The van der Waals surface area contributed by atoms with Crippen LogP contribution in [0.25, 0.3) is 0 Å². The molecule has 0 radical (unpaired) electrons. The Balaban J connectivity index is 2.31. The van der Waals surface area contributed by atoms with Crippen molar-refractivity contribution in [1.82, 2.24) is 0 Å². The van der Waals surface area contributed by atoms with Gasteiger partial charge < -0.3 is 4.74 Å². The maximum absolute atomic E-state index is 13.6. The second-order valence-electron chi connectivity index (χ2n) is 3.55. The summed E-state index contributed by atoms with van der Waals surface area (Å²) < 4.78 is 19.0. The smallest absolute Gasteiger partial charge is 0.184 e. The Labute approximate surface area is 119 Å². The Morgan fingerprint density at radius 1 is 1.00 bits per heavy atom. The van der Waals surface area contributed by atoms with Gasteiger partial charge in [0.05, 0.1) is 10.0 Å². The van der Waals surface area contributed by atoms with E-state index in [1.807, 2.05) is 0 Å². The lowest BCUT2D eigenvalue weighted by molar-refractivity contribution is 0.442. The van der Waals surface area contributed by atoms with Gasteiger partial charge >= 0.3 is 0 Å². The second-order valence-corrected chi connectivity index (χ2v) is 4.63. The van der Waals surface area contributed by atoms with Crippen molar-refractivity contribution in [3.63, 3.8) is 0 Å². The van der Waals surface area contributed by atoms with E-state index in [1.54, 1.807) is 24.3 Å². The average molecular weight is 306 g/mol. The molecule has 0 N–H and O–H groups in total. The van der Waals surface area contributed by atoms with E-state index in [4.69, 9.17) is 39.5 Å². The van der Waals surface area contributed by atoms with Crippen molar-refractivity contribution in [3.05, 3.63) is 57.8 Å².